The number of ether oxygens (including phenoxy) is 3. The van der Waals surface area contributed by atoms with Gasteiger partial charge in [0.25, 0.3) is 5.91 Å². The van der Waals surface area contributed by atoms with Crippen LogP contribution in [-0.2, 0) is 9.53 Å². The van der Waals surface area contributed by atoms with Crippen LogP contribution in [0, 0.1) is 0 Å². The van der Waals surface area contributed by atoms with E-state index < -0.39 is 0 Å². The molecule has 0 saturated carbocycles. The summed E-state index contributed by atoms with van der Waals surface area (Å²) < 4.78 is 15.9. The highest BCUT2D eigenvalue weighted by Crippen LogP contribution is 2.36. The van der Waals surface area contributed by atoms with Gasteiger partial charge in [-0.2, -0.15) is 0 Å². The van der Waals surface area contributed by atoms with Crippen molar-refractivity contribution in [2.24, 2.45) is 4.99 Å². The fourth-order valence-electron chi connectivity index (χ4n) is 2.68. The molecule has 6 nitrogen and oxygen atoms in total. The molecule has 0 N–H and O–H groups in total. The van der Waals surface area contributed by atoms with Gasteiger partial charge in [0.2, 0.25) is 0 Å². The molecule has 7 heteroatoms. The standard InChI is InChI=1S/C21H22N2O4S/c1-25-12-11-23-20(24)19(28-21(23)22-16-7-5-4-6-8-16)14-15-13-17(26-2)9-10-18(15)27-3/h4-10,13-14H,11-12H2,1-3H3/b19-14-,22-21?. The topological polar surface area (TPSA) is 60.4 Å². The predicted octanol–water partition coefficient (Wildman–Crippen LogP) is 3.95. The average molecular weight is 398 g/mol. The van der Waals surface area contributed by atoms with Crippen LogP contribution in [0.5, 0.6) is 11.5 Å². The second-order valence-electron chi connectivity index (χ2n) is 5.90. The third-order valence-corrected chi connectivity index (χ3v) is 5.12. The van der Waals surface area contributed by atoms with Crippen molar-refractivity contribution in [2.45, 2.75) is 0 Å². The SMILES string of the molecule is COCCN1C(=O)/C(=C/c2cc(OC)ccc2OC)SC1=Nc1ccccc1. The highest BCUT2D eigenvalue weighted by atomic mass is 32.2. The number of thioether (sulfide) groups is 1. The molecule has 1 heterocycles. The van der Waals surface area contributed by atoms with Crippen molar-refractivity contribution in [1.82, 2.24) is 4.90 Å². The summed E-state index contributed by atoms with van der Waals surface area (Å²) in [5.74, 6) is 1.25. The van der Waals surface area contributed by atoms with Crippen molar-refractivity contribution >= 4 is 34.6 Å². The van der Waals surface area contributed by atoms with Gasteiger partial charge in [-0.25, -0.2) is 4.99 Å². The third-order valence-electron chi connectivity index (χ3n) is 4.11. The van der Waals surface area contributed by atoms with E-state index in [1.807, 2.05) is 54.6 Å². The van der Waals surface area contributed by atoms with E-state index in [4.69, 9.17) is 14.2 Å². The monoisotopic (exact) mass is 398 g/mol. The molecule has 0 aromatic heterocycles. The van der Waals surface area contributed by atoms with Crippen LogP contribution in [0.25, 0.3) is 6.08 Å². The Kier molecular flexibility index (Phi) is 6.73. The van der Waals surface area contributed by atoms with E-state index in [1.165, 1.54) is 11.8 Å². The maximum Gasteiger partial charge on any atom is 0.266 e. The molecular weight excluding hydrogens is 376 g/mol. The summed E-state index contributed by atoms with van der Waals surface area (Å²) in [6.07, 6.45) is 1.81. The second kappa shape index (κ2) is 9.43. The zero-order chi connectivity index (χ0) is 19.9. The zero-order valence-electron chi connectivity index (χ0n) is 16.0. The lowest BCUT2D eigenvalue weighted by atomic mass is 10.1. The number of aliphatic imine (C=N–C) groups is 1. The number of hydrogen-bond donors (Lipinski definition) is 0. The normalized spacial score (nSPS) is 16.8. The Labute approximate surface area is 168 Å². The lowest BCUT2D eigenvalue weighted by Crippen LogP contribution is -2.32. The van der Waals surface area contributed by atoms with Gasteiger partial charge in [0.15, 0.2) is 5.17 Å². The Balaban J connectivity index is 1.97. The number of rotatable bonds is 7. The zero-order valence-corrected chi connectivity index (χ0v) is 16.9. The molecule has 1 aliphatic heterocycles. The number of benzene rings is 2. The minimum atomic E-state index is -0.110. The molecular formula is C21H22N2O4S. The number of para-hydroxylation sites is 1. The van der Waals surface area contributed by atoms with Crippen molar-refractivity contribution in [3.63, 3.8) is 0 Å². The molecule has 1 aliphatic rings. The molecule has 2 aromatic rings. The number of amidine groups is 1. The van der Waals surface area contributed by atoms with Crippen LogP contribution in [0.4, 0.5) is 5.69 Å². The maximum absolute atomic E-state index is 13.0. The molecule has 0 aliphatic carbocycles. The molecule has 0 atom stereocenters. The van der Waals surface area contributed by atoms with Gasteiger partial charge in [0.05, 0.1) is 38.0 Å². The third kappa shape index (κ3) is 4.55. The number of carbonyl (C=O) groups is 1. The van der Waals surface area contributed by atoms with Gasteiger partial charge in [-0.1, -0.05) is 18.2 Å². The van der Waals surface area contributed by atoms with Gasteiger partial charge >= 0.3 is 0 Å². The highest BCUT2D eigenvalue weighted by molar-refractivity contribution is 8.18. The van der Waals surface area contributed by atoms with E-state index in [1.54, 1.807) is 26.2 Å². The fourth-order valence-corrected chi connectivity index (χ4v) is 3.69. The van der Waals surface area contributed by atoms with Crippen molar-refractivity contribution < 1.29 is 19.0 Å². The number of hydrogen-bond acceptors (Lipinski definition) is 6. The lowest BCUT2D eigenvalue weighted by molar-refractivity contribution is -0.122. The quantitative estimate of drug-likeness (QED) is 0.661. The summed E-state index contributed by atoms with van der Waals surface area (Å²) in [7, 11) is 4.81. The van der Waals surface area contributed by atoms with Crippen molar-refractivity contribution in [1.29, 1.82) is 0 Å². The Morgan fingerprint density at radius 1 is 1.07 bits per heavy atom. The molecule has 0 unspecified atom stereocenters. The molecule has 146 valence electrons. The first-order chi connectivity index (χ1) is 13.7. The minimum Gasteiger partial charge on any atom is -0.497 e. The number of amides is 1. The average Bonchev–Trinajstić information content (AvgIpc) is 3.01. The first-order valence-electron chi connectivity index (χ1n) is 8.72. The van der Waals surface area contributed by atoms with E-state index in [-0.39, 0.29) is 5.91 Å². The van der Waals surface area contributed by atoms with Gasteiger partial charge < -0.3 is 14.2 Å². The molecule has 3 rings (SSSR count). The largest absolute Gasteiger partial charge is 0.497 e. The van der Waals surface area contributed by atoms with Crippen LogP contribution >= 0.6 is 11.8 Å². The van der Waals surface area contributed by atoms with Crippen LogP contribution in [-0.4, -0.2) is 50.5 Å². The van der Waals surface area contributed by atoms with Crippen molar-refractivity contribution in [3.8, 4) is 11.5 Å². The van der Waals surface area contributed by atoms with Gasteiger partial charge in [-0.05, 0) is 48.2 Å². The van der Waals surface area contributed by atoms with E-state index >= 15 is 0 Å². The number of nitrogens with zero attached hydrogens (tertiary/aromatic N) is 2. The van der Waals surface area contributed by atoms with Crippen LogP contribution in [0.3, 0.4) is 0 Å². The molecule has 1 amide bonds. The predicted molar refractivity (Wildman–Crippen MR) is 112 cm³/mol. The van der Waals surface area contributed by atoms with Crippen molar-refractivity contribution in [2.75, 3.05) is 34.5 Å². The van der Waals surface area contributed by atoms with Crippen LogP contribution in [0.2, 0.25) is 0 Å². The molecule has 2 aromatic carbocycles. The fraction of sp³-hybridized carbons (Fsp3) is 0.238. The Hall–Kier alpha value is -2.77. The second-order valence-corrected chi connectivity index (χ2v) is 6.91. The summed E-state index contributed by atoms with van der Waals surface area (Å²) in [4.78, 5) is 19.8. The summed E-state index contributed by atoms with van der Waals surface area (Å²) in [6.45, 7) is 0.858. The summed E-state index contributed by atoms with van der Waals surface area (Å²) in [5, 5.41) is 0.626. The Morgan fingerprint density at radius 2 is 1.86 bits per heavy atom. The van der Waals surface area contributed by atoms with Gasteiger partial charge in [0.1, 0.15) is 11.5 Å². The molecule has 1 saturated heterocycles. The molecule has 0 bridgehead atoms. The lowest BCUT2D eigenvalue weighted by Gasteiger charge is -2.14. The first-order valence-corrected chi connectivity index (χ1v) is 9.54. The van der Waals surface area contributed by atoms with E-state index in [2.05, 4.69) is 4.99 Å². The smallest absolute Gasteiger partial charge is 0.266 e. The van der Waals surface area contributed by atoms with Gasteiger partial charge in [0, 0.05) is 12.7 Å². The summed E-state index contributed by atoms with van der Waals surface area (Å²) >= 11 is 1.34. The van der Waals surface area contributed by atoms with Gasteiger partial charge in [-0.3, -0.25) is 9.69 Å². The summed E-state index contributed by atoms with van der Waals surface area (Å²) in [5.41, 5.74) is 1.56. The highest BCUT2D eigenvalue weighted by Gasteiger charge is 2.33. The summed E-state index contributed by atoms with van der Waals surface area (Å²) in [6, 6.07) is 15.0. The molecule has 0 spiro atoms. The van der Waals surface area contributed by atoms with Gasteiger partial charge in [-0.15, -0.1) is 0 Å². The van der Waals surface area contributed by atoms with Crippen LogP contribution in [0.15, 0.2) is 58.4 Å². The molecule has 28 heavy (non-hydrogen) atoms. The van der Waals surface area contributed by atoms with E-state index in [0.29, 0.717) is 34.7 Å². The Bertz CT molecular complexity index is 897. The maximum atomic E-state index is 13.0. The van der Waals surface area contributed by atoms with Crippen LogP contribution in [0.1, 0.15) is 5.56 Å². The van der Waals surface area contributed by atoms with E-state index in [0.717, 1.165) is 11.3 Å². The van der Waals surface area contributed by atoms with Crippen LogP contribution < -0.4 is 9.47 Å². The molecule has 0 radical (unpaired) electrons. The number of carbonyl (C=O) groups excluding carboxylic acids is 1. The van der Waals surface area contributed by atoms with Crippen molar-refractivity contribution in [3.05, 3.63) is 59.0 Å². The minimum absolute atomic E-state index is 0.110. The first kappa shape index (κ1) is 20.0. The number of methoxy groups -OCH3 is 3. The Morgan fingerprint density at radius 3 is 2.54 bits per heavy atom. The molecule has 1 fully saturated rings. The van der Waals surface area contributed by atoms with E-state index in [9.17, 15) is 4.79 Å².